The molecule has 0 unspecified atom stereocenters. The molecular weight excluding hydrogens is 424 g/mol. The Hall–Kier alpha value is -3.24. The highest BCUT2D eigenvalue weighted by molar-refractivity contribution is 8.26. The van der Waals surface area contributed by atoms with Crippen LogP contribution in [0.5, 0.6) is 5.75 Å². The van der Waals surface area contributed by atoms with Gasteiger partial charge in [-0.15, -0.1) is 0 Å². The fraction of sp³-hybridized carbons (Fsp3) is 0.150. The lowest BCUT2D eigenvalue weighted by molar-refractivity contribution is -0.129. The number of rotatable bonds is 6. The average molecular weight is 443 g/mol. The molecule has 3 amide bonds. The van der Waals surface area contributed by atoms with Crippen molar-refractivity contribution >= 4 is 52.1 Å². The van der Waals surface area contributed by atoms with Crippen molar-refractivity contribution in [2.45, 2.75) is 6.92 Å². The van der Waals surface area contributed by atoms with Crippen molar-refractivity contribution < 1.29 is 19.1 Å². The highest BCUT2D eigenvalue weighted by Gasteiger charge is 2.33. The van der Waals surface area contributed by atoms with Crippen molar-refractivity contribution in [1.29, 1.82) is 0 Å². The number of thiocarbonyl (C=S) groups is 1. The molecule has 3 rings (SSSR count). The van der Waals surface area contributed by atoms with Crippen LogP contribution in [0.3, 0.4) is 0 Å². The van der Waals surface area contributed by atoms with Crippen molar-refractivity contribution in [3.8, 4) is 5.75 Å². The third-order valence-corrected chi connectivity index (χ3v) is 5.30. The molecule has 0 saturated carbocycles. The van der Waals surface area contributed by atoms with Gasteiger partial charge in [-0.2, -0.15) is 0 Å². The summed E-state index contributed by atoms with van der Waals surface area (Å²) in [5, 5.41) is 0. The summed E-state index contributed by atoms with van der Waals surface area (Å²) >= 11 is 6.35. The van der Waals surface area contributed by atoms with E-state index in [1.54, 1.807) is 6.08 Å². The van der Waals surface area contributed by atoms with Crippen molar-refractivity contribution in [3.05, 3.63) is 64.8 Å². The molecule has 10 heteroatoms. The van der Waals surface area contributed by atoms with E-state index in [0.717, 1.165) is 23.1 Å². The first-order valence-electron chi connectivity index (χ1n) is 8.95. The van der Waals surface area contributed by atoms with Gasteiger partial charge in [0.2, 0.25) is 0 Å². The van der Waals surface area contributed by atoms with Crippen molar-refractivity contribution in [2.75, 3.05) is 13.2 Å². The van der Waals surface area contributed by atoms with Crippen LogP contribution in [-0.2, 0) is 9.59 Å². The number of nitrogens with zero attached hydrogens (tertiary/aromatic N) is 2. The molecule has 1 aromatic heterocycles. The van der Waals surface area contributed by atoms with Gasteiger partial charge in [-0.05, 0) is 42.8 Å². The minimum Gasteiger partial charge on any atom is -0.494 e. The van der Waals surface area contributed by atoms with E-state index in [9.17, 15) is 14.4 Å². The number of carbonyl (C=O) groups is 3. The zero-order valence-electron chi connectivity index (χ0n) is 16.0. The SMILES string of the molecule is CCOc1ccc(/C=C2\SC(=S)N(CC(=O)NNC(=O)c3ccncc3)C2=O)cc1. The lowest BCUT2D eigenvalue weighted by atomic mass is 10.2. The number of amides is 3. The van der Waals surface area contributed by atoms with Gasteiger partial charge < -0.3 is 4.74 Å². The van der Waals surface area contributed by atoms with Crippen LogP contribution >= 0.6 is 24.0 Å². The normalized spacial score (nSPS) is 14.7. The summed E-state index contributed by atoms with van der Waals surface area (Å²) in [4.78, 5) is 42.2. The predicted octanol–water partition coefficient (Wildman–Crippen LogP) is 2.14. The van der Waals surface area contributed by atoms with Crippen molar-refractivity contribution in [3.63, 3.8) is 0 Å². The maximum Gasteiger partial charge on any atom is 0.269 e. The van der Waals surface area contributed by atoms with Gasteiger partial charge in [-0.3, -0.25) is 35.1 Å². The molecule has 1 saturated heterocycles. The number of aromatic nitrogens is 1. The van der Waals surface area contributed by atoms with Gasteiger partial charge in [-0.1, -0.05) is 36.1 Å². The van der Waals surface area contributed by atoms with Crippen LogP contribution in [0.15, 0.2) is 53.7 Å². The zero-order valence-corrected chi connectivity index (χ0v) is 17.6. The van der Waals surface area contributed by atoms with Crippen LogP contribution in [0.1, 0.15) is 22.8 Å². The number of nitrogens with one attached hydrogen (secondary N) is 2. The minimum absolute atomic E-state index is 0.271. The summed E-state index contributed by atoms with van der Waals surface area (Å²) in [6.07, 6.45) is 4.64. The Morgan fingerprint density at radius 1 is 1.17 bits per heavy atom. The van der Waals surface area contributed by atoms with E-state index in [1.165, 1.54) is 29.4 Å². The van der Waals surface area contributed by atoms with Crippen LogP contribution < -0.4 is 15.6 Å². The molecule has 1 fully saturated rings. The van der Waals surface area contributed by atoms with Gasteiger partial charge in [-0.25, -0.2) is 0 Å². The smallest absolute Gasteiger partial charge is 0.269 e. The first-order valence-corrected chi connectivity index (χ1v) is 10.2. The second-order valence-corrected chi connectivity index (χ2v) is 7.68. The van der Waals surface area contributed by atoms with Crippen LogP contribution in [-0.4, -0.2) is 45.1 Å². The quantitative estimate of drug-likeness (QED) is 0.402. The molecule has 2 N–H and O–H groups in total. The Morgan fingerprint density at radius 3 is 2.53 bits per heavy atom. The molecule has 2 aromatic rings. The summed E-state index contributed by atoms with van der Waals surface area (Å²) < 4.78 is 5.67. The molecule has 0 spiro atoms. The standard InChI is InChI=1S/C20H18N4O4S2/c1-2-28-15-5-3-13(4-6-15)11-16-19(27)24(20(29)30-16)12-17(25)22-23-18(26)14-7-9-21-10-8-14/h3-11H,2,12H2,1H3,(H,22,25)(H,23,26)/b16-11-. The number of pyridine rings is 1. The first kappa shape index (κ1) is 21.5. The van der Waals surface area contributed by atoms with Crippen LogP contribution in [0.4, 0.5) is 0 Å². The summed E-state index contributed by atoms with van der Waals surface area (Å²) in [6, 6.07) is 10.3. The number of ether oxygens (including phenoxy) is 1. The molecule has 8 nitrogen and oxygen atoms in total. The number of hydrazine groups is 1. The molecule has 30 heavy (non-hydrogen) atoms. The Morgan fingerprint density at radius 2 is 1.87 bits per heavy atom. The largest absolute Gasteiger partial charge is 0.494 e. The summed E-state index contributed by atoms with van der Waals surface area (Å²) in [7, 11) is 0. The molecule has 2 heterocycles. The average Bonchev–Trinajstić information content (AvgIpc) is 3.01. The van der Waals surface area contributed by atoms with Gasteiger partial charge in [0.1, 0.15) is 16.6 Å². The van der Waals surface area contributed by atoms with E-state index in [2.05, 4.69) is 15.8 Å². The summed E-state index contributed by atoms with van der Waals surface area (Å²) in [5.41, 5.74) is 5.72. The minimum atomic E-state index is -0.573. The first-order chi connectivity index (χ1) is 14.5. The van der Waals surface area contributed by atoms with Crippen LogP contribution in [0, 0.1) is 0 Å². The van der Waals surface area contributed by atoms with Gasteiger partial charge in [0.05, 0.1) is 11.5 Å². The number of hydrogen-bond acceptors (Lipinski definition) is 7. The lowest BCUT2D eigenvalue weighted by Gasteiger charge is -2.14. The number of carbonyl (C=O) groups excluding carboxylic acids is 3. The Bertz CT molecular complexity index is 994. The Kier molecular flexibility index (Phi) is 7.15. The molecule has 0 atom stereocenters. The maximum atomic E-state index is 12.6. The zero-order chi connectivity index (χ0) is 21.5. The molecule has 1 aliphatic rings. The molecule has 0 bridgehead atoms. The fourth-order valence-corrected chi connectivity index (χ4v) is 3.75. The molecule has 1 aliphatic heterocycles. The summed E-state index contributed by atoms with van der Waals surface area (Å²) in [6.45, 7) is 2.17. The van der Waals surface area contributed by atoms with E-state index >= 15 is 0 Å². The highest BCUT2D eigenvalue weighted by Crippen LogP contribution is 2.32. The van der Waals surface area contributed by atoms with Gasteiger partial charge in [0.25, 0.3) is 17.7 Å². The van der Waals surface area contributed by atoms with E-state index in [0.29, 0.717) is 17.1 Å². The predicted molar refractivity (Wildman–Crippen MR) is 117 cm³/mol. The van der Waals surface area contributed by atoms with Gasteiger partial charge in [0.15, 0.2) is 0 Å². The number of benzene rings is 1. The van der Waals surface area contributed by atoms with E-state index in [1.807, 2.05) is 31.2 Å². The molecular formula is C20H18N4O4S2. The third-order valence-electron chi connectivity index (χ3n) is 3.92. The molecule has 1 aromatic carbocycles. The lowest BCUT2D eigenvalue weighted by Crippen LogP contribution is -2.47. The third kappa shape index (κ3) is 5.43. The molecule has 0 radical (unpaired) electrons. The highest BCUT2D eigenvalue weighted by atomic mass is 32.2. The second kappa shape index (κ2) is 9.99. The van der Waals surface area contributed by atoms with E-state index in [4.69, 9.17) is 17.0 Å². The van der Waals surface area contributed by atoms with Crippen LogP contribution in [0.25, 0.3) is 6.08 Å². The van der Waals surface area contributed by atoms with Gasteiger partial charge >= 0.3 is 0 Å². The van der Waals surface area contributed by atoms with Gasteiger partial charge in [0, 0.05) is 18.0 Å². The fourth-order valence-electron chi connectivity index (χ4n) is 2.50. The molecule has 0 aliphatic carbocycles. The van der Waals surface area contributed by atoms with Crippen LogP contribution in [0.2, 0.25) is 0 Å². The topological polar surface area (TPSA) is 101 Å². The monoisotopic (exact) mass is 442 g/mol. The maximum absolute atomic E-state index is 12.6. The molecule has 154 valence electrons. The second-order valence-electron chi connectivity index (χ2n) is 6.01. The van der Waals surface area contributed by atoms with Crippen molar-refractivity contribution in [1.82, 2.24) is 20.7 Å². The summed E-state index contributed by atoms with van der Waals surface area (Å²) in [5.74, 6) is -0.690. The van der Waals surface area contributed by atoms with E-state index in [-0.39, 0.29) is 16.8 Å². The Labute approximate surface area is 182 Å². The number of hydrogen-bond donors (Lipinski definition) is 2. The number of thioether (sulfide) groups is 1. The van der Waals surface area contributed by atoms with E-state index < -0.39 is 11.8 Å². The Balaban J connectivity index is 1.57. The van der Waals surface area contributed by atoms with Crippen molar-refractivity contribution in [2.24, 2.45) is 0 Å².